The summed E-state index contributed by atoms with van der Waals surface area (Å²) in [5.74, 6) is 0.976. The SMILES string of the molecule is NC(=S)CCN(c1ccncn1)C1CC1. The Bertz CT molecular complexity index is 337. The Morgan fingerprint density at radius 2 is 2.40 bits per heavy atom. The highest BCUT2D eigenvalue weighted by Crippen LogP contribution is 2.30. The quantitative estimate of drug-likeness (QED) is 0.757. The van der Waals surface area contributed by atoms with E-state index >= 15 is 0 Å². The molecule has 1 heterocycles. The number of thiocarbonyl (C=S) groups is 1. The van der Waals surface area contributed by atoms with Gasteiger partial charge in [-0.3, -0.25) is 0 Å². The molecule has 0 aromatic carbocycles. The first-order chi connectivity index (χ1) is 7.27. The van der Waals surface area contributed by atoms with Crippen LogP contribution >= 0.6 is 12.2 Å². The summed E-state index contributed by atoms with van der Waals surface area (Å²) in [5.41, 5.74) is 5.51. The second kappa shape index (κ2) is 4.53. The van der Waals surface area contributed by atoms with Gasteiger partial charge in [0.25, 0.3) is 0 Å². The fraction of sp³-hybridized carbons (Fsp3) is 0.500. The van der Waals surface area contributed by atoms with E-state index in [9.17, 15) is 0 Å². The van der Waals surface area contributed by atoms with Crippen LogP contribution in [0.3, 0.4) is 0 Å². The molecule has 1 aromatic rings. The van der Waals surface area contributed by atoms with Crippen molar-refractivity contribution in [2.75, 3.05) is 11.4 Å². The molecule has 5 heteroatoms. The van der Waals surface area contributed by atoms with E-state index in [-0.39, 0.29) is 0 Å². The topological polar surface area (TPSA) is 55.0 Å². The van der Waals surface area contributed by atoms with Gasteiger partial charge in [-0.05, 0) is 18.9 Å². The summed E-state index contributed by atoms with van der Waals surface area (Å²) in [7, 11) is 0. The van der Waals surface area contributed by atoms with Gasteiger partial charge in [0.1, 0.15) is 12.1 Å². The second-order valence-corrected chi connectivity index (χ2v) is 4.23. The molecule has 1 aliphatic rings. The number of hydrogen-bond acceptors (Lipinski definition) is 4. The van der Waals surface area contributed by atoms with Gasteiger partial charge in [-0.25, -0.2) is 9.97 Å². The summed E-state index contributed by atoms with van der Waals surface area (Å²) in [6.07, 6.45) is 6.56. The molecule has 0 amide bonds. The molecule has 0 unspecified atom stereocenters. The molecule has 15 heavy (non-hydrogen) atoms. The fourth-order valence-corrected chi connectivity index (χ4v) is 1.65. The third-order valence-electron chi connectivity index (χ3n) is 2.45. The molecule has 1 aromatic heterocycles. The first-order valence-electron chi connectivity index (χ1n) is 5.08. The Morgan fingerprint density at radius 1 is 1.60 bits per heavy atom. The highest BCUT2D eigenvalue weighted by atomic mass is 32.1. The molecule has 1 saturated carbocycles. The molecule has 0 saturated heterocycles. The Kier molecular flexibility index (Phi) is 3.11. The van der Waals surface area contributed by atoms with Crippen LogP contribution in [-0.4, -0.2) is 27.5 Å². The van der Waals surface area contributed by atoms with Gasteiger partial charge in [0.2, 0.25) is 0 Å². The lowest BCUT2D eigenvalue weighted by molar-refractivity contribution is 0.783. The van der Waals surface area contributed by atoms with Crippen LogP contribution in [0.5, 0.6) is 0 Å². The maximum Gasteiger partial charge on any atom is 0.132 e. The molecule has 80 valence electrons. The lowest BCUT2D eigenvalue weighted by Gasteiger charge is -2.22. The van der Waals surface area contributed by atoms with Gasteiger partial charge in [0, 0.05) is 25.2 Å². The molecular formula is C10H14N4S. The van der Waals surface area contributed by atoms with Gasteiger partial charge in [0.15, 0.2) is 0 Å². The number of anilines is 1. The summed E-state index contributed by atoms with van der Waals surface area (Å²) in [6, 6.07) is 2.55. The first-order valence-corrected chi connectivity index (χ1v) is 5.49. The molecule has 0 aliphatic heterocycles. The molecule has 4 nitrogen and oxygen atoms in total. The van der Waals surface area contributed by atoms with E-state index in [1.807, 2.05) is 6.07 Å². The van der Waals surface area contributed by atoms with Crippen LogP contribution < -0.4 is 10.6 Å². The lowest BCUT2D eigenvalue weighted by atomic mass is 10.3. The third kappa shape index (κ3) is 2.86. The van der Waals surface area contributed by atoms with E-state index in [1.165, 1.54) is 12.8 Å². The minimum Gasteiger partial charge on any atom is -0.393 e. The van der Waals surface area contributed by atoms with E-state index in [4.69, 9.17) is 18.0 Å². The van der Waals surface area contributed by atoms with Gasteiger partial charge in [-0.15, -0.1) is 0 Å². The molecule has 1 aliphatic carbocycles. The summed E-state index contributed by atoms with van der Waals surface area (Å²) in [4.78, 5) is 11.0. The largest absolute Gasteiger partial charge is 0.393 e. The van der Waals surface area contributed by atoms with Crippen LogP contribution in [0.15, 0.2) is 18.6 Å². The molecule has 0 radical (unpaired) electrons. The molecule has 2 rings (SSSR count). The Balaban J connectivity index is 2.03. The zero-order valence-electron chi connectivity index (χ0n) is 8.47. The predicted octanol–water partition coefficient (Wildman–Crippen LogP) is 1.12. The smallest absolute Gasteiger partial charge is 0.132 e. The summed E-state index contributed by atoms with van der Waals surface area (Å²) < 4.78 is 0. The van der Waals surface area contributed by atoms with Crippen LogP contribution in [-0.2, 0) is 0 Å². The van der Waals surface area contributed by atoms with E-state index < -0.39 is 0 Å². The molecule has 0 spiro atoms. The minimum absolute atomic E-state index is 0.565. The maximum absolute atomic E-state index is 5.51. The molecule has 2 N–H and O–H groups in total. The van der Waals surface area contributed by atoms with Crippen molar-refractivity contribution in [1.82, 2.24) is 9.97 Å². The number of nitrogens with two attached hydrogens (primary N) is 1. The van der Waals surface area contributed by atoms with Gasteiger partial charge in [0.05, 0.1) is 4.99 Å². The van der Waals surface area contributed by atoms with Crippen molar-refractivity contribution in [2.45, 2.75) is 25.3 Å². The van der Waals surface area contributed by atoms with Crippen molar-refractivity contribution in [3.63, 3.8) is 0 Å². The molecule has 1 fully saturated rings. The van der Waals surface area contributed by atoms with Crippen LogP contribution in [0.2, 0.25) is 0 Å². The van der Waals surface area contributed by atoms with Crippen molar-refractivity contribution < 1.29 is 0 Å². The van der Waals surface area contributed by atoms with Crippen LogP contribution in [0.4, 0.5) is 5.82 Å². The molecule has 0 bridgehead atoms. The number of nitrogens with zero attached hydrogens (tertiary/aromatic N) is 3. The summed E-state index contributed by atoms with van der Waals surface area (Å²) in [5, 5.41) is 0. The van der Waals surface area contributed by atoms with Crippen LogP contribution in [0.25, 0.3) is 0 Å². The van der Waals surface area contributed by atoms with E-state index in [0.717, 1.165) is 18.8 Å². The summed E-state index contributed by atoms with van der Waals surface area (Å²) in [6.45, 7) is 0.858. The van der Waals surface area contributed by atoms with Crippen molar-refractivity contribution in [1.29, 1.82) is 0 Å². The molecular weight excluding hydrogens is 208 g/mol. The highest BCUT2D eigenvalue weighted by molar-refractivity contribution is 7.80. The maximum atomic E-state index is 5.51. The second-order valence-electron chi connectivity index (χ2n) is 3.71. The normalized spacial score (nSPS) is 14.9. The van der Waals surface area contributed by atoms with Crippen molar-refractivity contribution in [2.24, 2.45) is 5.73 Å². The average molecular weight is 222 g/mol. The number of rotatable bonds is 5. The average Bonchev–Trinajstić information content (AvgIpc) is 3.03. The van der Waals surface area contributed by atoms with Gasteiger partial charge >= 0.3 is 0 Å². The van der Waals surface area contributed by atoms with Gasteiger partial charge in [-0.2, -0.15) is 0 Å². The number of hydrogen-bond donors (Lipinski definition) is 1. The van der Waals surface area contributed by atoms with Gasteiger partial charge in [-0.1, -0.05) is 12.2 Å². The molecule has 0 atom stereocenters. The Morgan fingerprint density at radius 3 is 2.93 bits per heavy atom. The third-order valence-corrected chi connectivity index (χ3v) is 2.65. The van der Waals surface area contributed by atoms with Crippen molar-refractivity contribution >= 4 is 23.0 Å². The van der Waals surface area contributed by atoms with Crippen molar-refractivity contribution in [3.05, 3.63) is 18.6 Å². The van der Waals surface area contributed by atoms with Crippen LogP contribution in [0, 0.1) is 0 Å². The fourth-order valence-electron chi connectivity index (χ4n) is 1.55. The monoisotopic (exact) mass is 222 g/mol. The Hall–Kier alpha value is -1.23. The number of aromatic nitrogens is 2. The van der Waals surface area contributed by atoms with E-state index in [1.54, 1.807) is 12.5 Å². The van der Waals surface area contributed by atoms with Crippen molar-refractivity contribution in [3.8, 4) is 0 Å². The predicted molar refractivity (Wildman–Crippen MR) is 63.8 cm³/mol. The van der Waals surface area contributed by atoms with Gasteiger partial charge < -0.3 is 10.6 Å². The zero-order chi connectivity index (χ0) is 10.7. The summed E-state index contributed by atoms with van der Waals surface area (Å²) >= 11 is 4.89. The lowest BCUT2D eigenvalue weighted by Crippen LogP contribution is -2.30. The Labute approximate surface area is 94.5 Å². The first kappa shape index (κ1) is 10.3. The standard InChI is InChI=1S/C10H14N4S/c11-9(15)4-6-14(8-1-2-8)10-3-5-12-7-13-10/h3,5,7-8H,1-2,4,6H2,(H2,11,15). The zero-order valence-corrected chi connectivity index (χ0v) is 9.28. The van der Waals surface area contributed by atoms with E-state index in [0.29, 0.717) is 11.0 Å². The van der Waals surface area contributed by atoms with E-state index in [2.05, 4.69) is 14.9 Å². The minimum atomic E-state index is 0.565. The van der Waals surface area contributed by atoms with Crippen LogP contribution in [0.1, 0.15) is 19.3 Å². The highest BCUT2D eigenvalue weighted by Gasteiger charge is 2.29.